The van der Waals surface area contributed by atoms with Gasteiger partial charge in [-0.15, -0.1) is 0 Å². The molecule has 1 fully saturated rings. The normalized spacial score (nSPS) is 16.3. The molecule has 1 atom stereocenters. The van der Waals surface area contributed by atoms with Crippen LogP contribution in [0.4, 0.5) is 19.0 Å². The minimum atomic E-state index is -4.56. The Morgan fingerprint density at radius 3 is 2.77 bits per heavy atom. The second kappa shape index (κ2) is 9.72. The molecule has 0 bridgehead atoms. The van der Waals surface area contributed by atoms with Crippen molar-refractivity contribution in [3.05, 3.63) is 48.4 Å². The molecule has 2 amide bonds. The zero-order chi connectivity index (χ0) is 25.2. The zero-order valence-corrected chi connectivity index (χ0v) is 19.1. The molecule has 2 N–H and O–H groups in total. The lowest BCUT2D eigenvalue weighted by Gasteiger charge is -2.41. The van der Waals surface area contributed by atoms with Crippen molar-refractivity contribution >= 4 is 28.7 Å². The molecule has 12 heteroatoms. The number of aromatic nitrogens is 4. The number of hydrogen-bond donors (Lipinski definition) is 2. The molecular weight excluding hydrogens is 463 g/mol. The molecule has 0 saturated carbocycles. The number of hydrogen-bond acceptors (Lipinski definition) is 6. The maximum absolute atomic E-state index is 12.8. The van der Waals surface area contributed by atoms with Crippen molar-refractivity contribution in [2.45, 2.75) is 26.1 Å². The number of pyridine rings is 1. The third-order valence-corrected chi connectivity index (χ3v) is 5.50. The van der Waals surface area contributed by atoms with Crippen molar-refractivity contribution in [1.82, 2.24) is 30.2 Å². The van der Waals surface area contributed by atoms with Crippen molar-refractivity contribution in [3.63, 3.8) is 0 Å². The smallest absolute Gasteiger partial charge is 0.345 e. The van der Waals surface area contributed by atoms with Gasteiger partial charge in [-0.1, -0.05) is 5.57 Å². The Morgan fingerprint density at radius 2 is 2.03 bits per heavy atom. The summed E-state index contributed by atoms with van der Waals surface area (Å²) < 4.78 is 38.3. The van der Waals surface area contributed by atoms with Gasteiger partial charge in [0.15, 0.2) is 5.82 Å². The minimum Gasteiger partial charge on any atom is -0.345 e. The molecule has 1 aliphatic rings. The van der Waals surface area contributed by atoms with Crippen LogP contribution in [-0.4, -0.2) is 75.0 Å². The summed E-state index contributed by atoms with van der Waals surface area (Å²) in [5.74, 6) is -0.393. The van der Waals surface area contributed by atoms with Crippen LogP contribution in [0.2, 0.25) is 0 Å². The van der Waals surface area contributed by atoms with Crippen molar-refractivity contribution in [1.29, 1.82) is 0 Å². The van der Waals surface area contributed by atoms with Gasteiger partial charge in [0.2, 0.25) is 11.8 Å². The summed E-state index contributed by atoms with van der Waals surface area (Å²) in [6.07, 6.45) is 1.78. The van der Waals surface area contributed by atoms with E-state index < -0.39 is 24.7 Å². The number of carbonyl (C=O) groups is 2. The zero-order valence-electron chi connectivity index (χ0n) is 19.1. The Hall–Kier alpha value is -3.96. The van der Waals surface area contributed by atoms with E-state index >= 15 is 0 Å². The summed E-state index contributed by atoms with van der Waals surface area (Å²) in [5.41, 5.74) is 2.14. The number of piperazine rings is 1. The van der Waals surface area contributed by atoms with Crippen LogP contribution in [0.1, 0.15) is 15.3 Å². The molecule has 4 heterocycles. The fourth-order valence-electron chi connectivity index (χ4n) is 3.90. The van der Waals surface area contributed by atoms with E-state index in [0.29, 0.717) is 22.9 Å². The first-order valence-corrected chi connectivity index (χ1v) is 10.9. The highest BCUT2D eigenvalue weighted by molar-refractivity contribution is 5.92. The summed E-state index contributed by atoms with van der Waals surface area (Å²) in [6.45, 7) is 2.48. The Kier molecular flexibility index (Phi) is 6.72. The van der Waals surface area contributed by atoms with Gasteiger partial charge in [0.1, 0.15) is 24.1 Å². The van der Waals surface area contributed by atoms with Crippen molar-refractivity contribution in [2.24, 2.45) is 0 Å². The number of allylic oxidation sites excluding steroid dienone is 1. The quantitative estimate of drug-likeness (QED) is 0.534. The summed E-state index contributed by atoms with van der Waals surface area (Å²) >= 11 is 0. The monoisotopic (exact) mass is 489 g/mol. The van der Waals surface area contributed by atoms with Crippen molar-refractivity contribution in [3.8, 4) is 11.4 Å². The van der Waals surface area contributed by atoms with Gasteiger partial charge in [0.05, 0.1) is 6.54 Å². The lowest BCUT2D eigenvalue weighted by molar-refractivity contribution is -0.140. The average Bonchev–Trinajstić information content (AvgIpc) is 3.25. The summed E-state index contributed by atoms with van der Waals surface area (Å²) in [5, 5.41) is 2.75. The van der Waals surface area contributed by atoms with Crippen molar-refractivity contribution < 1.29 is 24.2 Å². The summed E-state index contributed by atoms with van der Waals surface area (Å²) in [6, 6.07) is 4.18. The summed E-state index contributed by atoms with van der Waals surface area (Å²) in [7, 11) is 0. The first-order chi connectivity index (χ1) is 16.6. The second-order valence-corrected chi connectivity index (χ2v) is 8.39. The van der Waals surface area contributed by atoms with Gasteiger partial charge < -0.3 is 20.1 Å². The van der Waals surface area contributed by atoms with Crippen LogP contribution in [0.5, 0.6) is 0 Å². The predicted octanol–water partition coefficient (Wildman–Crippen LogP) is 2.93. The van der Waals surface area contributed by atoms with Crippen LogP contribution in [0.25, 0.3) is 22.4 Å². The van der Waals surface area contributed by atoms with Gasteiger partial charge >= 0.3 is 6.18 Å². The number of H-pyrrole nitrogens is 1. The first kappa shape index (κ1) is 24.2. The first-order valence-electron chi connectivity index (χ1n) is 10.9. The van der Waals surface area contributed by atoms with Gasteiger partial charge in [-0.25, -0.2) is 15.0 Å². The van der Waals surface area contributed by atoms with E-state index in [9.17, 15) is 22.8 Å². The Bertz CT molecular complexity index is 1270. The molecule has 0 aromatic carbocycles. The van der Waals surface area contributed by atoms with E-state index in [-0.39, 0.29) is 27.0 Å². The van der Waals surface area contributed by atoms with Crippen LogP contribution < -0.4 is 10.2 Å². The van der Waals surface area contributed by atoms with Crippen LogP contribution in [-0.2, 0) is 9.59 Å². The number of amides is 2. The topological polar surface area (TPSA) is 107 Å². The minimum absolute atomic E-state index is 0. The van der Waals surface area contributed by atoms with Gasteiger partial charge in [-0.2, -0.15) is 13.2 Å². The number of rotatable bonds is 5. The molecular formula is C23H26F3N7O2. The Labute approximate surface area is 200 Å². The second-order valence-electron chi connectivity index (χ2n) is 8.39. The van der Waals surface area contributed by atoms with Gasteiger partial charge in [-0.3, -0.25) is 9.59 Å². The van der Waals surface area contributed by atoms with Crippen LogP contribution in [0.3, 0.4) is 0 Å². The third kappa shape index (κ3) is 5.58. The van der Waals surface area contributed by atoms with Gasteiger partial charge in [-0.05, 0) is 32.0 Å². The predicted molar refractivity (Wildman–Crippen MR) is 125 cm³/mol. The van der Waals surface area contributed by atoms with E-state index in [0.717, 1.165) is 11.0 Å². The van der Waals surface area contributed by atoms with E-state index in [1.165, 1.54) is 17.2 Å². The molecule has 35 heavy (non-hydrogen) atoms. The van der Waals surface area contributed by atoms with E-state index in [1.807, 2.05) is 11.4 Å². The highest BCUT2D eigenvalue weighted by atomic mass is 19.4. The summed E-state index contributed by atoms with van der Waals surface area (Å²) in [4.78, 5) is 44.7. The number of halogens is 3. The van der Waals surface area contributed by atoms with E-state index in [2.05, 4.69) is 19.9 Å². The molecule has 3 aromatic heterocycles. The molecule has 0 unspecified atom stereocenters. The molecule has 1 aliphatic heterocycles. The van der Waals surface area contributed by atoms with E-state index in [4.69, 9.17) is 0 Å². The van der Waals surface area contributed by atoms with Crippen LogP contribution in [0, 0.1) is 0 Å². The number of nitrogens with one attached hydrogen (secondary N) is 2. The highest BCUT2D eigenvalue weighted by Crippen LogP contribution is 2.27. The van der Waals surface area contributed by atoms with Gasteiger partial charge in [0, 0.05) is 50.1 Å². The van der Waals surface area contributed by atoms with E-state index in [1.54, 1.807) is 43.3 Å². The molecule has 1 saturated heterocycles. The lowest BCUT2D eigenvalue weighted by Crippen LogP contribution is -2.61. The lowest BCUT2D eigenvalue weighted by atomic mass is 10.1. The number of fused-ring (bicyclic) bond motifs is 1. The standard InChI is InChI=1S/C23H24F3N7O2.H2/c1-14(2)10-19(34)32-8-9-33(17(12-32)22(35)30-13-23(24,25)26)18-5-7-28-21(31-18)16-11-29-20-15(16)4-3-6-27-20;/h3-7,10-11,17H,8-9,12-13H2,1-2H3,(H,27,29)(H,30,35);1H/t17-;/m1./s1. The maximum atomic E-state index is 12.8. The number of anilines is 1. The third-order valence-electron chi connectivity index (χ3n) is 5.50. The molecule has 4 rings (SSSR count). The molecule has 3 aromatic rings. The maximum Gasteiger partial charge on any atom is 0.405 e. The SMILES string of the molecule is CC(C)=CC(=O)N1CCN(c2ccnc(-c3c[nH]c4ncccc34)n2)[C@@H](C(=O)NCC(F)(F)F)C1.[HH]. The average molecular weight is 490 g/mol. The number of aromatic amines is 1. The molecule has 0 radical (unpaired) electrons. The van der Waals surface area contributed by atoms with Crippen LogP contribution >= 0.6 is 0 Å². The largest absolute Gasteiger partial charge is 0.405 e. The fraction of sp³-hybridized carbons (Fsp3) is 0.348. The molecule has 0 spiro atoms. The molecule has 186 valence electrons. The number of carbonyl (C=O) groups excluding carboxylic acids is 2. The number of alkyl halides is 3. The molecule has 9 nitrogen and oxygen atoms in total. The fourth-order valence-corrected chi connectivity index (χ4v) is 3.90. The van der Waals surface area contributed by atoms with Crippen LogP contribution in [0.15, 0.2) is 48.4 Å². The number of nitrogens with zero attached hydrogens (tertiary/aromatic N) is 5. The Morgan fingerprint density at radius 1 is 1.23 bits per heavy atom. The van der Waals surface area contributed by atoms with Gasteiger partial charge in [0.25, 0.3) is 0 Å². The van der Waals surface area contributed by atoms with Crippen molar-refractivity contribution in [2.75, 3.05) is 31.1 Å². The Balaban J connectivity index is 0.00000361. The highest BCUT2D eigenvalue weighted by Gasteiger charge is 2.37. The molecule has 0 aliphatic carbocycles.